The minimum atomic E-state index is -0.0612. The number of rotatable bonds is 5. The van der Waals surface area contributed by atoms with E-state index in [1.54, 1.807) is 0 Å². The molecule has 0 aromatic heterocycles. The topological polar surface area (TPSA) is 53.9 Å². The Hall–Kier alpha value is -1.56. The summed E-state index contributed by atoms with van der Waals surface area (Å²) in [6.07, 6.45) is 1.64. The molecule has 0 unspecified atom stereocenters. The number of halogens is 1. The highest BCUT2D eigenvalue weighted by Crippen LogP contribution is 2.19. The Kier molecular flexibility index (Phi) is 7.56. The summed E-state index contributed by atoms with van der Waals surface area (Å²) in [6.45, 7) is 7.51. The molecule has 1 fully saturated rings. The van der Waals surface area contributed by atoms with Crippen LogP contribution in [0.3, 0.4) is 0 Å². The molecule has 0 aliphatic carbocycles. The molecule has 0 amide bonds. The number of benzene rings is 1. The van der Waals surface area contributed by atoms with Crippen molar-refractivity contribution < 1.29 is 9.53 Å². The van der Waals surface area contributed by atoms with Crippen molar-refractivity contribution in [3.63, 3.8) is 0 Å². The van der Waals surface area contributed by atoms with E-state index >= 15 is 0 Å². The van der Waals surface area contributed by atoms with Crippen LogP contribution in [-0.4, -0.2) is 43.1 Å². The molecular formula is C18H26BrN3O2. The number of guanidine groups is 1. The fraction of sp³-hybridized carbons (Fsp3) is 0.556. The second-order valence-corrected chi connectivity index (χ2v) is 6.73. The van der Waals surface area contributed by atoms with Gasteiger partial charge in [-0.05, 0) is 44.4 Å². The summed E-state index contributed by atoms with van der Waals surface area (Å²) in [6, 6.07) is 8.21. The number of esters is 1. The molecule has 1 saturated heterocycles. The molecule has 24 heavy (non-hydrogen) atoms. The summed E-state index contributed by atoms with van der Waals surface area (Å²) in [5, 5.41) is 3.35. The number of hydrogen-bond donors (Lipinski definition) is 1. The van der Waals surface area contributed by atoms with Crippen LogP contribution in [0.5, 0.6) is 0 Å². The van der Waals surface area contributed by atoms with Gasteiger partial charge in [0.25, 0.3) is 0 Å². The molecule has 5 nitrogen and oxygen atoms in total. The molecule has 0 spiro atoms. The molecule has 0 bridgehead atoms. The van der Waals surface area contributed by atoms with E-state index in [-0.39, 0.29) is 11.9 Å². The molecule has 1 heterocycles. The highest BCUT2D eigenvalue weighted by atomic mass is 79.9. The molecule has 6 heteroatoms. The maximum atomic E-state index is 11.8. The number of aliphatic imine (C=N–C) groups is 1. The van der Waals surface area contributed by atoms with Gasteiger partial charge < -0.3 is 15.0 Å². The Bertz CT molecular complexity index is 552. The first kappa shape index (κ1) is 18.8. The van der Waals surface area contributed by atoms with Crippen molar-refractivity contribution in [3.8, 4) is 0 Å². The zero-order chi connectivity index (χ0) is 17.4. The minimum Gasteiger partial charge on any atom is -0.466 e. The van der Waals surface area contributed by atoms with Gasteiger partial charge in [-0.1, -0.05) is 28.1 Å². The lowest BCUT2D eigenvalue weighted by Gasteiger charge is -2.33. The van der Waals surface area contributed by atoms with Crippen molar-refractivity contribution in [1.82, 2.24) is 10.2 Å². The molecule has 1 aromatic rings. The maximum absolute atomic E-state index is 11.8. The standard InChI is InChI=1S/C18H26BrN3O2/c1-3-20-18(21-13-14-5-7-16(19)8-6-14)22-11-9-15(10-12-22)17(23)24-4-2/h5-8,15H,3-4,9-13H2,1-2H3,(H,20,21). The number of ether oxygens (including phenoxy) is 1. The smallest absolute Gasteiger partial charge is 0.309 e. The highest BCUT2D eigenvalue weighted by molar-refractivity contribution is 9.10. The van der Waals surface area contributed by atoms with E-state index in [0.717, 1.165) is 42.9 Å². The number of carbonyl (C=O) groups excluding carboxylic acids is 1. The lowest BCUT2D eigenvalue weighted by Crippen LogP contribution is -2.46. The third-order valence-corrected chi connectivity index (χ3v) is 4.60. The van der Waals surface area contributed by atoms with Gasteiger partial charge in [-0.3, -0.25) is 4.79 Å². The summed E-state index contributed by atoms with van der Waals surface area (Å²) < 4.78 is 6.20. The van der Waals surface area contributed by atoms with Crippen LogP contribution in [0.1, 0.15) is 32.3 Å². The quantitative estimate of drug-likeness (QED) is 0.472. The molecule has 0 radical (unpaired) electrons. The molecular weight excluding hydrogens is 370 g/mol. The van der Waals surface area contributed by atoms with E-state index in [0.29, 0.717) is 13.2 Å². The van der Waals surface area contributed by atoms with Crippen molar-refractivity contribution in [1.29, 1.82) is 0 Å². The Labute approximate surface area is 152 Å². The van der Waals surface area contributed by atoms with Gasteiger partial charge >= 0.3 is 5.97 Å². The van der Waals surface area contributed by atoms with Gasteiger partial charge in [0.05, 0.1) is 19.1 Å². The summed E-state index contributed by atoms with van der Waals surface area (Å²) in [7, 11) is 0. The first-order valence-corrected chi connectivity index (χ1v) is 9.37. The summed E-state index contributed by atoms with van der Waals surface area (Å²) in [4.78, 5) is 18.8. The van der Waals surface area contributed by atoms with Crippen LogP contribution < -0.4 is 5.32 Å². The predicted molar refractivity (Wildman–Crippen MR) is 99.9 cm³/mol. The average Bonchev–Trinajstić information content (AvgIpc) is 2.60. The van der Waals surface area contributed by atoms with Gasteiger partial charge in [0.1, 0.15) is 0 Å². The van der Waals surface area contributed by atoms with Crippen molar-refractivity contribution in [2.75, 3.05) is 26.2 Å². The molecule has 1 aliphatic heterocycles. The average molecular weight is 396 g/mol. The summed E-state index contributed by atoms with van der Waals surface area (Å²) >= 11 is 3.45. The third-order valence-electron chi connectivity index (χ3n) is 4.07. The number of carbonyl (C=O) groups is 1. The van der Waals surface area contributed by atoms with Crippen LogP contribution in [-0.2, 0) is 16.1 Å². The predicted octanol–water partition coefficient (Wildman–Crippen LogP) is 3.19. The molecule has 0 saturated carbocycles. The van der Waals surface area contributed by atoms with Gasteiger partial charge in [0.15, 0.2) is 5.96 Å². The lowest BCUT2D eigenvalue weighted by molar-refractivity contribution is -0.149. The first-order valence-electron chi connectivity index (χ1n) is 8.58. The van der Waals surface area contributed by atoms with Gasteiger partial charge in [-0.2, -0.15) is 0 Å². The van der Waals surface area contributed by atoms with Crippen molar-refractivity contribution in [3.05, 3.63) is 34.3 Å². The van der Waals surface area contributed by atoms with Gasteiger partial charge in [0.2, 0.25) is 0 Å². The molecule has 132 valence electrons. The molecule has 2 rings (SSSR count). The normalized spacial score (nSPS) is 16.1. The molecule has 1 N–H and O–H groups in total. The number of nitrogens with one attached hydrogen (secondary N) is 1. The Morgan fingerprint density at radius 1 is 1.29 bits per heavy atom. The van der Waals surface area contributed by atoms with Crippen molar-refractivity contribution >= 4 is 27.9 Å². The van der Waals surface area contributed by atoms with Gasteiger partial charge in [0, 0.05) is 24.1 Å². The Balaban J connectivity index is 1.94. The second kappa shape index (κ2) is 9.67. The third kappa shape index (κ3) is 5.51. The number of piperidine rings is 1. The molecule has 1 aliphatic rings. The largest absolute Gasteiger partial charge is 0.466 e. The van der Waals surface area contributed by atoms with E-state index in [9.17, 15) is 4.79 Å². The van der Waals surface area contributed by atoms with E-state index in [1.807, 2.05) is 19.1 Å². The van der Waals surface area contributed by atoms with Gasteiger partial charge in [-0.25, -0.2) is 4.99 Å². The minimum absolute atomic E-state index is 0.0237. The van der Waals surface area contributed by atoms with Crippen molar-refractivity contribution in [2.24, 2.45) is 10.9 Å². The Morgan fingerprint density at radius 2 is 1.96 bits per heavy atom. The fourth-order valence-corrected chi connectivity index (χ4v) is 3.03. The van der Waals surface area contributed by atoms with Crippen LogP contribution in [0.15, 0.2) is 33.7 Å². The van der Waals surface area contributed by atoms with Crippen molar-refractivity contribution in [2.45, 2.75) is 33.2 Å². The second-order valence-electron chi connectivity index (χ2n) is 5.81. The number of likely N-dealkylation sites (tertiary alicyclic amines) is 1. The first-order chi connectivity index (χ1) is 11.6. The zero-order valence-electron chi connectivity index (χ0n) is 14.4. The lowest BCUT2D eigenvalue weighted by atomic mass is 9.97. The van der Waals surface area contributed by atoms with Crippen LogP contribution >= 0.6 is 15.9 Å². The number of nitrogens with zero attached hydrogens (tertiary/aromatic N) is 2. The highest BCUT2D eigenvalue weighted by Gasteiger charge is 2.27. The van der Waals surface area contributed by atoms with Gasteiger partial charge in [-0.15, -0.1) is 0 Å². The van der Waals surface area contributed by atoms with E-state index < -0.39 is 0 Å². The monoisotopic (exact) mass is 395 g/mol. The van der Waals surface area contributed by atoms with Crippen LogP contribution in [0.25, 0.3) is 0 Å². The Morgan fingerprint density at radius 3 is 2.54 bits per heavy atom. The summed E-state index contributed by atoms with van der Waals surface area (Å²) in [5.41, 5.74) is 1.18. The SMILES string of the molecule is CCNC(=NCc1ccc(Br)cc1)N1CCC(C(=O)OCC)CC1. The van der Waals surface area contributed by atoms with E-state index in [4.69, 9.17) is 9.73 Å². The summed E-state index contributed by atoms with van der Waals surface area (Å²) in [5.74, 6) is 0.882. The van der Waals surface area contributed by atoms with Crippen LogP contribution in [0.4, 0.5) is 0 Å². The van der Waals surface area contributed by atoms with Crippen LogP contribution in [0, 0.1) is 5.92 Å². The molecule has 1 aromatic carbocycles. The van der Waals surface area contributed by atoms with Crippen LogP contribution in [0.2, 0.25) is 0 Å². The van der Waals surface area contributed by atoms with E-state index in [1.165, 1.54) is 5.56 Å². The number of hydrogen-bond acceptors (Lipinski definition) is 3. The molecule has 0 atom stereocenters. The zero-order valence-corrected chi connectivity index (χ0v) is 16.0. The maximum Gasteiger partial charge on any atom is 0.309 e. The van der Waals surface area contributed by atoms with E-state index in [2.05, 4.69) is 45.2 Å². The fourth-order valence-electron chi connectivity index (χ4n) is 2.77.